The van der Waals surface area contributed by atoms with Crippen LogP contribution in [0.25, 0.3) is 32.4 Å². The monoisotopic (exact) mass is 552 g/mol. The summed E-state index contributed by atoms with van der Waals surface area (Å²) in [7, 11) is 1.75. The summed E-state index contributed by atoms with van der Waals surface area (Å²) in [6, 6.07) is 19.4. The first-order chi connectivity index (χ1) is 19.4. The molecule has 0 fully saturated rings. The number of aromatic nitrogens is 4. The lowest BCUT2D eigenvalue weighted by Crippen LogP contribution is -2.27. The van der Waals surface area contributed by atoms with Crippen LogP contribution in [0, 0.1) is 5.82 Å². The number of thiophene rings is 1. The van der Waals surface area contributed by atoms with Gasteiger partial charge in [-0.05, 0) is 66.6 Å². The molecule has 6 rings (SSSR count). The number of aromatic amines is 1. The molecular weight excluding hydrogens is 527 g/mol. The molecule has 2 aromatic carbocycles. The Morgan fingerprint density at radius 3 is 2.75 bits per heavy atom. The Bertz CT molecular complexity index is 1930. The molecule has 10 heteroatoms. The summed E-state index contributed by atoms with van der Waals surface area (Å²) >= 11 is 1.63. The van der Waals surface area contributed by atoms with Crippen LogP contribution >= 0.6 is 11.3 Å². The van der Waals surface area contributed by atoms with Crippen molar-refractivity contribution in [3.8, 4) is 10.4 Å². The molecule has 0 saturated heterocycles. The standard InChI is InChI=1S/C30H25FN6O2S/c1-17(18-5-8-20(31)9-6-18)35-29(38)22-4-3-13-32-28(22)34-15-21-10-12-26(40-21)19-7-11-24-23(14-19)27-25(16-33-24)36-30(39)37(27)2/h3-14,16-17H,15H2,1-2H3,(H,32,34)(H,35,38)(H,36,39)/t17-/m0/s1. The molecule has 200 valence electrons. The minimum atomic E-state index is -0.319. The molecule has 6 aromatic rings. The Morgan fingerprint density at radius 1 is 1.10 bits per heavy atom. The molecule has 0 unspecified atom stereocenters. The number of rotatable bonds is 7. The molecule has 40 heavy (non-hydrogen) atoms. The van der Waals surface area contributed by atoms with Crippen molar-refractivity contribution in [3.05, 3.63) is 111 Å². The molecule has 4 aromatic heterocycles. The van der Waals surface area contributed by atoms with Crippen molar-refractivity contribution >= 4 is 45.0 Å². The number of halogens is 1. The van der Waals surface area contributed by atoms with Gasteiger partial charge in [-0.25, -0.2) is 14.2 Å². The highest BCUT2D eigenvalue weighted by atomic mass is 32.1. The Labute approximate surface area is 232 Å². The van der Waals surface area contributed by atoms with Crippen LogP contribution in [0.5, 0.6) is 0 Å². The molecule has 0 aliphatic heterocycles. The molecule has 0 spiro atoms. The van der Waals surface area contributed by atoms with Crippen molar-refractivity contribution in [2.24, 2.45) is 7.05 Å². The third kappa shape index (κ3) is 4.85. The molecule has 1 atom stereocenters. The van der Waals surface area contributed by atoms with Crippen molar-refractivity contribution in [1.82, 2.24) is 24.8 Å². The average Bonchev–Trinajstić information content (AvgIpc) is 3.56. The summed E-state index contributed by atoms with van der Waals surface area (Å²) in [6.45, 7) is 2.34. The molecule has 0 aliphatic carbocycles. The number of nitrogens with one attached hydrogen (secondary N) is 3. The zero-order valence-corrected chi connectivity index (χ0v) is 22.6. The summed E-state index contributed by atoms with van der Waals surface area (Å²) < 4.78 is 14.9. The Kier molecular flexibility index (Phi) is 6.61. The van der Waals surface area contributed by atoms with Crippen LogP contribution in [0.2, 0.25) is 0 Å². The predicted molar refractivity (Wildman–Crippen MR) is 156 cm³/mol. The topological polar surface area (TPSA) is 105 Å². The van der Waals surface area contributed by atoms with Crippen molar-refractivity contribution in [2.75, 3.05) is 5.32 Å². The number of benzene rings is 2. The summed E-state index contributed by atoms with van der Waals surface area (Å²) in [5.74, 6) is -0.108. The summed E-state index contributed by atoms with van der Waals surface area (Å²) in [5, 5.41) is 7.16. The largest absolute Gasteiger partial charge is 0.365 e. The van der Waals surface area contributed by atoms with Crippen LogP contribution in [0.4, 0.5) is 10.2 Å². The van der Waals surface area contributed by atoms with E-state index >= 15 is 0 Å². The zero-order valence-electron chi connectivity index (χ0n) is 21.7. The van der Waals surface area contributed by atoms with Crippen molar-refractivity contribution in [3.63, 3.8) is 0 Å². The first-order valence-corrected chi connectivity index (χ1v) is 13.5. The SMILES string of the molecule is C[C@H](NC(=O)c1cccnc1NCc1ccc(-c2ccc3ncc4[nH]c(=O)n(C)c4c3c2)s1)c1ccc(F)cc1. The number of nitrogens with zero attached hydrogens (tertiary/aromatic N) is 3. The number of carbonyl (C=O) groups is 1. The van der Waals surface area contributed by atoms with Gasteiger partial charge in [0.1, 0.15) is 11.6 Å². The molecule has 0 radical (unpaired) electrons. The fourth-order valence-corrected chi connectivity index (χ4v) is 5.67. The number of hydrogen-bond acceptors (Lipinski definition) is 6. The summed E-state index contributed by atoms with van der Waals surface area (Å²) in [4.78, 5) is 39.1. The molecule has 8 nitrogen and oxygen atoms in total. The van der Waals surface area contributed by atoms with E-state index in [9.17, 15) is 14.0 Å². The van der Waals surface area contributed by atoms with E-state index < -0.39 is 0 Å². The van der Waals surface area contributed by atoms with Crippen molar-refractivity contribution < 1.29 is 9.18 Å². The van der Waals surface area contributed by atoms with Gasteiger partial charge in [0.05, 0.1) is 40.9 Å². The maximum Gasteiger partial charge on any atom is 0.326 e. The van der Waals surface area contributed by atoms with Gasteiger partial charge in [-0.2, -0.15) is 0 Å². The number of aryl methyl sites for hydroxylation is 1. The maximum absolute atomic E-state index is 13.3. The second-order valence-electron chi connectivity index (χ2n) is 9.51. The minimum Gasteiger partial charge on any atom is -0.365 e. The highest BCUT2D eigenvalue weighted by Gasteiger charge is 2.16. The third-order valence-corrected chi connectivity index (χ3v) is 8.00. The molecular formula is C30H25FN6O2S. The van der Waals surface area contributed by atoms with Gasteiger partial charge in [-0.15, -0.1) is 11.3 Å². The lowest BCUT2D eigenvalue weighted by Gasteiger charge is -2.16. The average molecular weight is 553 g/mol. The highest BCUT2D eigenvalue weighted by Crippen LogP contribution is 2.32. The molecule has 4 heterocycles. The number of imidazole rings is 1. The van der Waals surface area contributed by atoms with Gasteiger partial charge in [0.2, 0.25) is 0 Å². The number of carbonyl (C=O) groups excluding carboxylic acids is 1. The van der Waals surface area contributed by atoms with Crippen molar-refractivity contribution in [1.29, 1.82) is 0 Å². The van der Waals surface area contributed by atoms with Gasteiger partial charge >= 0.3 is 5.69 Å². The second-order valence-corrected chi connectivity index (χ2v) is 10.7. The van der Waals surface area contributed by atoms with E-state index in [2.05, 4.69) is 37.7 Å². The Balaban J connectivity index is 1.19. The van der Waals surface area contributed by atoms with Gasteiger partial charge in [0.25, 0.3) is 5.91 Å². The van der Waals surface area contributed by atoms with Crippen LogP contribution < -0.4 is 16.3 Å². The van der Waals surface area contributed by atoms with Gasteiger partial charge < -0.3 is 15.6 Å². The fourth-order valence-electron chi connectivity index (χ4n) is 4.72. The molecule has 0 saturated carbocycles. The van der Waals surface area contributed by atoms with Gasteiger partial charge in [-0.1, -0.05) is 18.2 Å². The predicted octanol–water partition coefficient (Wildman–Crippen LogP) is 5.78. The van der Waals surface area contributed by atoms with Crippen LogP contribution in [0.15, 0.2) is 83.9 Å². The van der Waals surface area contributed by atoms with Gasteiger partial charge in [-0.3, -0.25) is 14.3 Å². The van der Waals surface area contributed by atoms with E-state index in [4.69, 9.17) is 0 Å². The number of H-pyrrole nitrogens is 1. The first-order valence-electron chi connectivity index (χ1n) is 12.7. The van der Waals surface area contributed by atoms with E-state index in [-0.39, 0.29) is 23.5 Å². The molecule has 0 bridgehead atoms. The first kappa shape index (κ1) is 25.4. The second kappa shape index (κ2) is 10.4. The summed E-state index contributed by atoms with van der Waals surface area (Å²) in [6.07, 6.45) is 3.32. The van der Waals surface area contributed by atoms with Crippen LogP contribution in [0.1, 0.15) is 33.8 Å². The number of fused-ring (bicyclic) bond motifs is 3. The molecule has 3 N–H and O–H groups in total. The van der Waals surface area contributed by atoms with Crippen molar-refractivity contribution in [2.45, 2.75) is 19.5 Å². The number of anilines is 1. The normalized spacial score (nSPS) is 12.1. The quantitative estimate of drug-likeness (QED) is 0.233. The Hall–Kier alpha value is -4.83. The van der Waals surface area contributed by atoms with E-state index in [0.717, 1.165) is 37.3 Å². The maximum atomic E-state index is 13.3. The van der Waals surface area contributed by atoms with Gasteiger partial charge in [0.15, 0.2) is 0 Å². The van der Waals surface area contributed by atoms with Crippen LogP contribution in [-0.2, 0) is 13.6 Å². The highest BCUT2D eigenvalue weighted by molar-refractivity contribution is 7.15. The molecule has 1 amide bonds. The van der Waals surface area contributed by atoms with E-state index in [1.807, 2.05) is 25.1 Å². The third-order valence-electron chi connectivity index (χ3n) is 6.87. The number of pyridine rings is 2. The van der Waals surface area contributed by atoms with E-state index in [1.54, 1.807) is 59.6 Å². The van der Waals surface area contributed by atoms with Gasteiger partial charge in [0, 0.05) is 28.4 Å². The fraction of sp³-hybridized carbons (Fsp3) is 0.133. The minimum absolute atomic E-state index is 0.174. The smallest absolute Gasteiger partial charge is 0.326 e. The Morgan fingerprint density at radius 2 is 1.93 bits per heavy atom. The zero-order chi connectivity index (χ0) is 27.8. The van der Waals surface area contributed by atoms with E-state index in [1.165, 1.54) is 12.1 Å². The summed E-state index contributed by atoms with van der Waals surface area (Å²) in [5.41, 5.74) is 4.44. The molecule has 0 aliphatic rings. The van der Waals surface area contributed by atoms with Crippen LogP contribution in [-0.4, -0.2) is 25.4 Å². The van der Waals surface area contributed by atoms with Crippen LogP contribution in [0.3, 0.4) is 0 Å². The number of amides is 1. The number of hydrogen-bond donors (Lipinski definition) is 3. The lowest BCUT2D eigenvalue weighted by molar-refractivity contribution is 0.0940. The van der Waals surface area contributed by atoms with E-state index in [0.29, 0.717) is 23.4 Å². The lowest BCUT2D eigenvalue weighted by atomic mass is 10.1.